The van der Waals surface area contributed by atoms with Crippen molar-refractivity contribution in [3.05, 3.63) is 29.3 Å². The van der Waals surface area contributed by atoms with Crippen molar-refractivity contribution in [2.24, 2.45) is 0 Å². The molecule has 0 saturated heterocycles. The van der Waals surface area contributed by atoms with E-state index in [1.165, 1.54) is 0 Å². The lowest BCUT2D eigenvalue weighted by atomic mass is 10.2. The van der Waals surface area contributed by atoms with Crippen molar-refractivity contribution in [1.82, 2.24) is 15.2 Å². The highest BCUT2D eigenvalue weighted by Gasteiger charge is 2.20. The van der Waals surface area contributed by atoms with Crippen LogP contribution in [0.5, 0.6) is 0 Å². The Morgan fingerprint density at radius 1 is 1.35 bits per heavy atom. The summed E-state index contributed by atoms with van der Waals surface area (Å²) in [6.45, 7) is 5.97. The van der Waals surface area contributed by atoms with Gasteiger partial charge in [0, 0.05) is 18.7 Å². The Labute approximate surface area is 116 Å². The van der Waals surface area contributed by atoms with Gasteiger partial charge < -0.3 is 9.05 Å². The second-order valence-corrected chi connectivity index (χ2v) is 4.84. The molecule has 1 amide bonds. The van der Waals surface area contributed by atoms with E-state index in [-0.39, 0.29) is 11.9 Å². The first-order chi connectivity index (χ1) is 9.45. The van der Waals surface area contributed by atoms with Gasteiger partial charge in [-0.2, -0.15) is 0 Å². The zero-order chi connectivity index (χ0) is 14.7. The normalized spacial score (nSPS) is 12.7. The Morgan fingerprint density at radius 3 is 2.65 bits per heavy atom. The number of aryl methyl sites for hydroxylation is 2. The van der Waals surface area contributed by atoms with Gasteiger partial charge in [-0.05, 0) is 27.8 Å². The van der Waals surface area contributed by atoms with E-state index < -0.39 is 0 Å². The molecule has 7 heteroatoms. The number of rotatable bonds is 5. The number of nitrogens with one attached hydrogen (secondary N) is 1. The lowest BCUT2D eigenvalue weighted by Gasteiger charge is -2.21. The number of hydrogen-bond donors (Lipinski definition) is 1. The second kappa shape index (κ2) is 5.87. The molecule has 0 radical (unpaired) electrons. The van der Waals surface area contributed by atoms with E-state index in [1.54, 1.807) is 13.0 Å². The van der Waals surface area contributed by atoms with Crippen molar-refractivity contribution in [3.8, 4) is 0 Å². The molecule has 2 rings (SSSR count). The molecule has 0 fully saturated rings. The van der Waals surface area contributed by atoms with Crippen molar-refractivity contribution in [2.45, 2.75) is 33.4 Å². The van der Waals surface area contributed by atoms with Crippen molar-refractivity contribution < 1.29 is 13.8 Å². The van der Waals surface area contributed by atoms with E-state index in [2.05, 4.69) is 15.6 Å². The van der Waals surface area contributed by atoms with E-state index in [0.29, 0.717) is 12.4 Å². The molecule has 108 valence electrons. The Balaban J connectivity index is 1.92. The molecule has 0 aliphatic rings. The van der Waals surface area contributed by atoms with Gasteiger partial charge in [0.1, 0.15) is 5.76 Å². The zero-order valence-corrected chi connectivity index (χ0v) is 12.0. The van der Waals surface area contributed by atoms with Gasteiger partial charge in [0.25, 0.3) is 0 Å². The molecule has 0 aliphatic carbocycles. The zero-order valence-electron chi connectivity index (χ0n) is 12.0. The van der Waals surface area contributed by atoms with Crippen LogP contribution in [-0.4, -0.2) is 34.2 Å². The summed E-state index contributed by atoms with van der Waals surface area (Å²) in [5, 5.41) is 10.3. The average Bonchev–Trinajstić information content (AvgIpc) is 2.97. The molecular formula is C13H18N4O3. The first-order valence-electron chi connectivity index (χ1n) is 6.32. The van der Waals surface area contributed by atoms with Crippen molar-refractivity contribution >= 4 is 11.8 Å². The molecule has 0 saturated carbocycles. The Bertz CT molecular complexity index is 590. The van der Waals surface area contributed by atoms with Gasteiger partial charge >= 0.3 is 0 Å². The molecule has 2 aromatic rings. The Hall–Kier alpha value is -2.15. The van der Waals surface area contributed by atoms with Gasteiger partial charge in [0.15, 0.2) is 0 Å². The lowest BCUT2D eigenvalue weighted by molar-refractivity contribution is -0.120. The van der Waals surface area contributed by atoms with E-state index in [0.717, 1.165) is 17.1 Å². The molecule has 1 atom stereocenters. The summed E-state index contributed by atoms with van der Waals surface area (Å²) >= 11 is 0. The van der Waals surface area contributed by atoms with E-state index in [1.807, 2.05) is 31.9 Å². The standard InChI is InChI=1S/C13H18N4O3/c1-8-5-12(20-15-8)14-13(18)10(3)17(4)7-11-6-9(2)19-16-11/h5-6,10H,7H2,1-4H3,(H,14,18)/t10-/m0/s1. The first kappa shape index (κ1) is 14.3. The summed E-state index contributed by atoms with van der Waals surface area (Å²) in [6.07, 6.45) is 0. The molecule has 0 aromatic carbocycles. The average molecular weight is 278 g/mol. The van der Waals surface area contributed by atoms with Gasteiger partial charge in [-0.3, -0.25) is 15.0 Å². The third-order valence-corrected chi connectivity index (χ3v) is 3.00. The summed E-state index contributed by atoms with van der Waals surface area (Å²) in [5.74, 6) is 0.941. The predicted octanol–water partition coefficient (Wildman–Crippen LogP) is 1.74. The predicted molar refractivity (Wildman–Crippen MR) is 72.0 cm³/mol. The fourth-order valence-electron chi connectivity index (χ4n) is 1.73. The number of anilines is 1. The minimum Gasteiger partial charge on any atom is -0.361 e. The van der Waals surface area contributed by atoms with Crippen LogP contribution in [0.2, 0.25) is 0 Å². The molecule has 1 N–H and O–H groups in total. The third-order valence-electron chi connectivity index (χ3n) is 3.00. The Kier molecular flexibility index (Phi) is 4.19. The van der Waals surface area contributed by atoms with Crippen LogP contribution < -0.4 is 5.32 Å². The molecular weight excluding hydrogens is 260 g/mol. The molecule has 0 unspecified atom stereocenters. The number of hydrogen-bond acceptors (Lipinski definition) is 6. The van der Waals surface area contributed by atoms with Crippen LogP contribution >= 0.6 is 0 Å². The molecule has 0 bridgehead atoms. The summed E-state index contributed by atoms with van der Waals surface area (Å²) in [4.78, 5) is 13.9. The van der Waals surface area contributed by atoms with Crippen LogP contribution in [0.3, 0.4) is 0 Å². The van der Waals surface area contributed by atoms with Gasteiger partial charge in [0.2, 0.25) is 11.8 Å². The minimum absolute atomic E-state index is 0.163. The van der Waals surface area contributed by atoms with Gasteiger partial charge in [0.05, 0.1) is 17.4 Å². The third kappa shape index (κ3) is 3.45. The van der Waals surface area contributed by atoms with Crippen molar-refractivity contribution in [3.63, 3.8) is 0 Å². The van der Waals surface area contributed by atoms with Gasteiger partial charge in [-0.1, -0.05) is 10.3 Å². The van der Waals surface area contributed by atoms with Crippen LogP contribution in [0, 0.1) is 13.8 Å². The number of likely N-dealkylation sites (N-methyl/N-ethyl adjacent to an activating group) is 1. The van der Waals surface area contributed by atoms with Crippen LogP contribution in [0.1, 0.15) is 24.1 Å². The number of amides is 1. The van der Waals surface area contributed by atoms with E-state index in [4.69, 9.17) is 9.05 Å². The van der Waals surface area contributed by atoms with Gasteiger partial charge in [-0.15, -0.1) is 0 Å². The molecule has 0 aliphatic heterocycles. The molecule has 0 spiro atoms. The molecule has 7 nitrogen and oxygen atoms in total. The van der Waals surface area contributed by atoms with Gasteiger partial charge in [-0.25, -0.2) is 0 Å². The maximum atomic E-state index is 12.1. The summed E-state index contributed by atoms with van der Waals surface area (Å²) < 4.78 is 9.96. The number of nitrogens with zero attached hydrogens (tertiary/aromatic N) is 3. The highest BCUT2D eigenvalue weighted by molar-refractivity contribution is 5.93. The number of carbonyl (C=O) groups excluding carboxylic acids is 1. The largest absolute Gasteiger partial charge is 0.361 e. The quantitative estimate of drug-likeness (QED) is 0.896. The highest BCUT2D eigenvalue weighted by Crippen LogP contribution is 2.11. The lowest BCUT2D eigenvalue weighted by Crippen LogP contribution is -2.39. The molecule has 20 heavy (non-hydrogen) atoms. The fraction of sp³-hybridized carbons (Fsp3) is 0.462. The summed E-state index contributed by atoms with van der Waals surface area (Å²) in [6, 6.07) is 3.18. The second-order valence-electron chi connectivity index (χ2n) is 4.84. The maximum Gasteiger partial charge on any atom is 0.243 e. The summed E-state index contributed by atoms with van der Waals surface area (Å²) in [7, 11) is 1.85. The van der Waals surface area contributed by atoms with Crippen molar-refractivity contribution in [2.75, 3.05) is 12.4 Å². The monoisotopic (exact) mass is 278 g/mol. The minimum atomic E-state index is -0.336. The highest BCUT2D eigenvalue weighted by atomic mass is 16.5. The van der Waals surface area contributed by atoms with Crippen LogP contribution in [0.25, 0.3) is 0 Å². The molecule has 2 heterocycles. The van der Waals surface area contributed by atoms with Crippen LogP contribution in [0.15, 0.2) is 21.2 Å². The smallest absolute Gasteiger partial charge is 0.243 e. The number of carbonyl (C=O) groups is 1. The summed E-state index contributed by atoms with van der Waals surface area (Å²) in [5.41, 5.74) is 1.51. The van der Waals surface area contributed by atoms with Crippen molar-refractivity contribution in [1.29, 1.82) is 0 Å². The molecule has 2 aromatic heterocycles. The van der Waals surface area contributed by atoms with Crippen LogP contribution in [0.4, 0.5) is 5.88 Å². The number of aromatic nitrogens is 2. The van der Waals surface area contributed by atoms with E-state index >= 15 is 0 Å². The fourth-order valence-corrected chi connectivity index (χ4v) is 1.73. The van der Waals surface area contributed by atoms with E-state index in [9.17, 15) is 4.79 Å². The Morgan fingerprint density at radius 2 is 2.10 bits per heavy atom. The topological polar surface area (TPSA) is 84.4 Å². The first-order valence-corrected chi connectivity index (χ1v) is 6.32. The SMILES string of the molecule is Cc1cc(NC(=O)[C@H](C)N(C)Cc2cc(C)on2)on1. The maximum absolute atomic E-state index is 12.1. The van der Waals surface area contributed by atoms with Crippen LogP contribution in [-0.2, 0) is 11.3 Å².